The van der Waals surface area contributed by atoms with Crippen molar-refractivity contribution in [3.8, 4) is 0 Å². The maximum Gasteiger partial charge on any atom is 0.0521 e. The molecule has 0 fully saturated rings. The molecule has 1 nitrogen and oxygen atoms in total. The second-order valence-corrected chi connectivity index (χ2v) is 9.99. The fourth-order valence-electron chi connectivity index (χ4n) is 3.98. The van der Waals surface area contributed by atoms with Crippen molar-refractivity contribution in [3.05, 3.63) is 0 Å². The zero-order chi connectivity index (χ0) is 20.4. The van der Waals surface area contributed by atoms with Gasteiger partial charge in [0.1, 0.15) is 0 Å². The molecule has 170 valence electrons. The Morgan fingerprint density at radius 2 is 0.679 bits per heavy atom. The summed E-state index contributed by atoms with van der Waals surface area (Å²) in [5.74, 6) is 2.15. The van der Waals surface area contributed by atoms with Gasteiger partial charge in [-0.2, -0.15) is 11.8 Å². The summed E-state index contributed by atoms with van der Waals surface area (Å²) in [7, 11) is 0. The van der Waals surface area contributed by atoms with Gasteiger partial charge in [-0.15, -0.1) is 0 Å². The summed E-state index contributed by atoms with van der Waals surface area (Å²) in [5.41, 5.74) is 0. The van der Waals surface area contributed by atoms with E-state index in [0.29, 0.717) is 6.61 Å². The lowest BCUT2D eigenvalue weighted by atomic mass is 10.0. The van der Waals surface area contributed by atoms with Crippen molar-refractivity contribution >= 4 is 11.8 Å². The van der Waals surface area contributed by atoms with E-state index < -0.39 is 0 Å². The molecule has 0 saturated carbocycles. The number of hydrogen-bond donors (Lipinski definition) is 1. The lowest BCUT2D eigenvalue weighted by Gasteiger charge is -2.04. The predicted octanol–water partition coefficient (Wildman–Crippen LogP) is 9.31. The van der Waals surface area contributed by atoms with Gasteiger partial charge in [0.25, 0.3) is 0 Å². The Bertz CT molecular complexity index is 231. The van der Waals surface area contributed by atoms with Crippen molar-refractivity contribution in [1.29, 1.82) is 0 Å². The molecule has 0 rings (SSSR count). The molecule has 0 aliphatic rings. The first kappa shape index (κ1) is 28.3. The van der Waals surface area contributed by atoms with E-state index in [9.17, 15) is 0 Å². The smallest absolute Gasteiger partial charge is 0.0521 e. The molecule has 0 aromatic rings. The Morgan fingerprint density at radius 3 is 0.964 bits per heavy atom. The van der Waals surface area contributed by atoms with Crippen LogP contribution in [-0.2, 0) is 0 Å². The van der Waals surface area contributed by atoms with Crippen LogP contribution in [0.4, 0.5) is 0 Å². The normalized spacial score (nSPS) is 11.4. The molecule has 1 N–H and O–H groups in total. The van der Waals surface area contributed by atoms with E-state index in [2.05, 4.69) is 6.92 Å². The van der Waals surface area contributed by atoms with Gasteiger partial charge >= 0.3 is 0 Å². The fourth-order valence-corrected chi connectivity index (χ4v) is 4.72. The molecule has 0 aromatic carbocycles. The third-order valence-corrected chi connectivity index (χ3v) is 6.93. The fraction of sp³-hybridized carbons (Fsp3) is 1.00. The van der Waals surface area contributed by atoms with E-state index in [4.69, 9.17) is 5.11 Å². The van der Waals surface area contributed by atoms with Crippen molar-refractivity contribution in [2.24, 2.45) is 0 Å². The van der Waals surface area contributed by atoms with Crippen LogP contribution in [-0.4, -0.2) is 23.2 Å². The first-order valence-corrected chi connectivity index (χ1v) is 14.3. The highest BCUT2D eigenvalue weighted by Gasteiger charge is 1.96. The first-order valence-electron chi connectivity index (χ1n) is 13.1. The first-order chi connectivity index (χ1) is 13.9. The van der Waals surface area contributed by atoms with Crippen molar-refractivity contribution in [1.82, 2.24) is 0 Å². The molecule has 0 aliphatic heterocycles. The van der Waals surface area contributed by atoms with Crippen LogP contribution in [0.2, 0.25) is 0 Å². The van der Waals surface area contributed by atoms with Crippen molar-refractivity contribution in [2.45, 2.75) is 148 Å². The number of aliphatic hydroxyl groups excluding tert-OH is 1. The Labute approximate surface area is 183 Å². The van der Waals surface area contributed by atoms with Gasteiger partial charge in [0.05, 0.1) is 6.61 Å². The van der Waals surface area contributed by atoms with Crippen molar-refractivity contribution < 1.29 is 5.11 Å². The van der Waals surface area contributed by atoms with Crippen molar-refractivity contribution in [2.75, 3.05) is 18.1 Å². The minimum Gasteiger partial charge on any atom is -0.396 e. The maximum absolute atomic E-state index is 8.72. The molecule has 0 spiro atoms. The van der Waals surface area contributed by atoms with Crippen LogP contribution in [0, 0.1) is 0 Å². The molecule has 0 unspecified atom stereocenters. The third kappa shape index (κ3) is 26.3. The molecular weight excluding hydrogens is 360 g/mol. The molecule has 0 aromatic heterocycles. The largest absolute Gasteiger partial charge is 0.396 e. The van der Waals surface area contributed by atoms with Crippen molar-refractivity contribution in [3.63, 3.8) is 0 Å². The van der Waals surface area contributed by atoms with Gasteiger partial charge in [0.2, 0.25) is 0 Å². The van der Waals surface area contributed by atoms with Crippen LogP contribution in [0.25, 0.3) is 0 Å². The van der Waals surface area contributed by atoms with E-state index in [1.807, 2.05) is 11.8 Å². The number of rotatable bonds is 25. The Hall–Kier alpha value is 0.310. The lowest BCUT2D eigenvalue weighted by molar-refractivity contribution is 0.322. The van der Waals surface area contributed by atoms with Gasteiger partial charge in [-0.3, -0.25) is 0 Å². The van der Waals surface area contributed by atoms with Gasteiger partial charge < -0.3 is 5.11 Å². The van der Waals surface area contributed by atoms with Crippen LogP contribution < -0.4 is 0 Å². The standard InChI is InChI=1S/C26H54OS/c1-2-3-4-5-6-7-8-9-10-11-12-13-14-15-16-17-18-19-20-21-22-23-25-28-26-24-27/h27H,2-26H2,1H3. The average Bonchev–Trinajstić information content (AvgIpc) is 2.71. The highest BCUT2D eigenvalue weighted by atomic mass is 32.2. The minimum absolute atomic E-state index is 0.337. The predicted molar refractivity (Wildman–Crippen MR) is 132 cm³/mol. The maximum atomic E-state index is 8.72. The van der Waals surface area contributed by atoms with E-state index in [0.717, 1.165) is 5.75 Å². The third-order valence-electron chi connectivity index (χ3n) is 5.88. The second kappa shape index (κ2) is 27.3. The summed E-state index contributed by atoms with van der Waals surface area (Å²) < 4.78 is 0. The molecule has 2 heteroatoms. The SMILES string of the molecule is CCCCCCCCCCCCCCCCCCCCCCCCSCCO. The summed E-state index contributed by atoms with van der Waals surface area (Å²) in [6, 6.07) is 0. The van der Waals surface area contributed by atoms with Gasteiger partial charge in [-0.25, -0.2) is 0 Å². The summed E-state index contributed by atoms with van der Waals surface area (Å²) in [4.78, 5) is 0. The summed E-state index contributed by atoms with van der Waals surface area (Å²) in [5, 5.41) is 8.72. The molecule has 0 aliphatic carbocycles. The van der Waals surface area contributed by atoms with E-state index in [-0.39, 0.29) is 0 Å². The Balaban J connectivity index is 2.96. The summed E-state index contributed by atoms with van der Waals surface area (Å²) in [6.07, 6.45) is 31.9. The highest BCUT2D eigenvalue weighted by Crippen LogP contribution is 2.15. The van der Waals surface area contributed by atoms with E-state index >= 15 is 0 Å². The van der Waals surface area contributed by atoms with Gasteiger partial charge in [0.15, 0.2) is 0 Å². The minimum atomic E-state index is 0.337. The van der Waals surface area contributed by atoms with Crippen LogP contribution in [0.3, 0.4) is 0 Å². The van der Waals surface area contributed by atoms with Crippen LogP contribution in [0.15, 0.2) is 0 Å². The Morgan fingerprint density at radius 1 is 0.393 bits per heavy atom. The second-order valence-electron chi connectivity index (χ2n) is 8.76. The molecule has 0 saturated heterocycles. The van der Waals surface area contributed by atoms with Gasteiger partial charge in [-0.1, -0.05) is 142 Å². The molecule has 0 heterocycles. The summed E-state index contributed by atoms with van der Waals surface area (Å²) >= 11 is 1.89. The van der Waals surface area contributed by atoms with Crippen LogP contribution >= 0.6 is 11.8 Å². The number of thioether (sulfide) groups is 1. The number of aliphatic hydroxyl groups is 1. The molecule has 0 bridgehead atoms. The summed E-state index contributed by atoms with van der Waals surface area (Å²) in [6.45, 7) is 2.64. The monoisotopic (exact) mass is 414 g/mol. The highest BCUT2D eigenvalue weighted by molar-refractivity contribution is 7.99. The van der Waals surface area contributed by atoms with Crippen LogP contribution in [0.5, 0.6) is 0 Å². The van der Waals surface area contributed by atoms with E-state index in [1.165, 1.54) is 147 Å². The molecule has 0 atom stereocenters. The quantitative estimate of drug-likeness (QED) is 0.150. The van der Waals surface area contributed by atoms with Gasteiger partial charge in [0, 0.05) is 5.75 Å². The zero-order valence-electron chi connectivity index (χ0n) is 19.5. The zero-order valence-corrected chi connectivity index (χ0v) is 20.3. The van der Waals surface area contributed by atoms with E-state index in [1.54, 1.807) is 0 Å². The number of hydrogen-bond acceptors (Lipinski definition) is 2. The molecule has 0 amide bonds. The van der Waals surface area contributed by atoms with Gasteiger partial charge in [-0.05, 0) is 12.2 Å². The topological polar surface area (TPSA) is 20.2 Å². The molecule has 0 radical (unpaired) electrons. The lowest BCUT2D eigenvalue weighted by Crippen LogP contribution is -1.89. The van der Waals surface area contributed by atoms with Crippen LogP contribution in [0.1, 0.15) is 148 Å². The molecule has 28 heavy (non-hydrogen) atoms. The Kier molecular flexibility index (Phi) is 27.6. The number of unbranched alkanes of at least 4 members (excludes halogenated alkanes) is 21. The average molecular weight is 415 g/mol. The molecular formula is C26H54OS.